The van der Waals surface area contributed by atoms with Gasteiger partial charge in [-0.1, -0.05) is 42.5 Å². The number of halogens is 3. The predicted octanol–water partition coefficient (Wildman–Crippen LogP) is 5.19. The number of H-pyrrole nitrogens is 1. The van der Waals surface area contributed by atoms with Crippen LogP contribution in [0.25, 0.3) is 33.4 Å². The van der Waals surface area contributed by atoms with E-state index in [0.717, 1.165) is 16.5 Å². The first kappa shape index (κ1) is 16.1. The molecule has 2 heterocycles. The lowest BCUT2D eigenvalue weighted by Gasteiger charge is -2.10. The van der Waals surface area contributed by atoms with Gasteiger partial charge in [-0.15, -0.1) is 13.2 Å². The summed E-state index contributed by atoms with van der Waals surface area (Å²) in [6, 6.07) is 17.0. The third kappa shape index (κ3) is 3.11. The molecule has 130 valence electrons. The number of hydrogen-bond donors (Lipinski definition) is 1. The van der Waals surface area contributed by atoms with Crippen LogP contribution >= 0.6 is 0 Å². The van der Waals surface area contributed by atoms with Crippen LogP contribution in [0.4, 0.5) is 13.2 Å². The molecule has 26 heavy (non-hydrogen) atoms. The van der Waals surface area contributed by atoms with Gasteiger partial charge in [0.1, 0.15) is 11.4 Å². The number of rotatable bonds is 3. The third-order valence-corrected chi connectivity index (χ3v) is 3.86. The molecule has 0 bridgehead atoms. The predicted molar refractivity (Wildman–Crippen MR) is 91.4 cm³/mol. The smallest absolute Gasteiger partial charge is 0.406 e. The maximum absolute atomic E-state index is 12.5. The van der Waals surface area contributed by atoms with Crippen molar-refractivity contribution in [3.05, 3.63) is 66.9 Å². The summed E-state index contributed by atoms with van der Waals surface area (Å²) < 4.78 is 41.5. The summed E-state index contributed by atoms with van der Waals surface area (Å²) in [5.74, 6) is -0.295. The van der Waals surface area contributed by atoms with Gasteiger partial charge in [-0.2, -0.15) is 5.10 Å². The van der Waals surface area contributed by atoms with Gasteiger partial charge in [0.05, 0.1) is 16.6 Å². The highest BCUT2D eigenvalue weighted by molar-refractivity contribution is 6.02. The molecular weight excluding hydrogens is 343 g/mol. The Morgan fingerprint density at radius 3 is 2.38 bits per heavy atom. The summed E-state index contributed by atoms with van der Waals surface area (Å²) in [5.41, 5.74) is 3.36. The zero-order valence-electron chi connectivity index (χ0n) is 13.3. The van der Waals surface area contributed by atoms with Crippen LogP contribution in [0.15, 0.2) is 66.9 Å². The Morgan fingerprint density at radius 2 is 1.62 bits per heavy atom. The number of ether oxygens (including phenoxy) is 1. The zero-order valence-corrected chi connectivity index (χ0v) is 13.3. The molecule has 0 aliphatic heterocycles. The summed E-state index contributed by atoms with van der Waals surface area (Å²) in [7, 11) is 0. The van der Waals surface area contributed by atoms with Crippen LogP contribution in [0.3, 0.4) is 0 Å². The summed E-state index contributed by atoms with van der Waals surface area (Å²) in [6.45, 7) is 0. The Morgan fingerprint density at radius 1 is 0.846 bits per heavy atom. The van der Waals surface area contributed by atoms with E-state index in [1.807, 2.05) is 30.3 Å². The van der Waals surface area contributed by atoms with Crippen LogP contribution in [0, 0.1) is 0 Å². The topological polar surface area (TPSA) is 50.8 Å². The first-order valence-corrected chi connectivity index (χ1v) is 7.76. The van der Waals surface area contributed by atoms with Crippen molar-refractivity contribution in [2.45, 2.75) is 6.36 Å². The number of hydrogen-bond acceptors (Lipinski definition) is 3. The van der Waals surface area contributed by atoms with Gasteiger partial charge in [-0.25, -0.2) is 0 Å². The monoisotopic (exact) mass is 355 g/mol. The number of aromatic nitrogens is 3. The van der Waals surface area contributed by atoms with E-state index in [9.17, 15) is 13.2 Å². The summed E-state index contributed by atoms with van der Waals surface area (Å²) in [5, 5.41) is 7.94. The van der Waals surface area contributed by atoms with Crippen molar-refractivity contribution in [3.8, 4) is 28.3 Å². The number of pyridine rings is 1. The lowest BCUT2D eigenvalue weighted by atomic mass is 10.0. The first-order chi connectivity index (χ1) is 12.5. The number of aromatic amines is 1. The van der Waals surface area contributed by atoms with Crippen molar-refractivity contribution in [2.75, 3.05) is 0 Å². The largest absolute Gasteiger partial charge is 0.573 e. The van der Waals surface area contributed by atoms with Crippen LogP contribution in [0.5, 0.6) is 5.75 Å². The fourth-order valence-electron chi connectivity index (χ4n) is 2.83. The number of fused-ring (bicyclic) bond motifs is 1. The minimum absolute atomic E-state index is 0.295. The highest BCUT2D eigenvalue weighted by Gasteiger charge is 2.31. The van der Waals surface area contributed by atoms with Crippen LogP contribution in [0.2, 0.25) is 0 Å². The number of nitrogens with one attached hydrogen (secondary N) is 1. The van der Waals surface area contributed by atoms with Gasteiger partial charge in [0.2, 0.25) is 0 Å². The second-order valence-corrected chi connectivity index (χ2v) is 5.60. The number of alkyl halides is 3. The first-order valence-electron chi connectivity index (χ1n) is 7.76. The Balaban J connectivity index is 1.87. The van der Waals surface area contributed by atoms with Crippen molar-refractivity contribution in [1.29, 1.82) is 0 Å². The fourth-order valence-corrected chi connectivity index (χ4v) is 2.83. The molecule has 0 spiro atoms. The quantitative estimate of drug-likeness (QED) is 0.550. The summed E-state index contributed by atoms with van der Waals surface area (Å²) >= 11 is 0. The van der Waals surface area contributed by atoms with E-state index in [2.05, 4.69) is 19.9 Å². The maximum Gasteiger partial charge on any atom is 0.573 e. The van der Waals surface area contributed by atoms with E-state index in [-0.39, 0.29) is 5.75 Å². The van der Waals surface area contributed by atoms with Gasteiger partial charge in [0.25, 0.3) is 0 Å². The summed E-state index contributed by atoms with van der Waals surface area (Å²) in [4.78, 5) is 4.45. The molecule has 0 saturated heterocycles. The molecule has 0 radical (unpaired) electrons. The van der Waals surface area contributed by atoms with E-state index in [4.69, 9.17) is 0 Å². The number of benzene rings is 2. The minimum atomic E-state index is -4.75. The number of nitrogens with zero attached hydrogens (tertiary/aromatic N) is 2. The lowest BCUT2D eigenvalue weighted by molar-refractivity contribution is -0.274. The standard InChI is InChI=1S/C19H12F3N3O/c20-19(21,22)26-14-8-4-7-13(11-14)18-16-15(24-25-18)9-10-23-17(16)12-5-2-1-3-6-12/h1-11H,(H,24,25). The van der Waals surface area contributed by atoms with Crippen LogP contribution < -0.4 is 4.74 Å². The molecule has 7 heteroatoms. The molecule has 0 unspecified atom stereocenters. The summed E-state index contributed by atoms with van der Waals surface area (Å²) in [6.07, 6.45) is -3.08. The molecule has 2 aromatic carbocycles. The molecule has 0 saturated carbocycles. The second kappa shape index (κ2) is 6.18. The molecular formula is C19H12F3N3O. The van der Waals surface area contributed by atoms with Crippen molar-refractivity contribution in [3.63, 3.8) is 0 Å². The van der Waals surface area contributed by atoms with Crippen molar-refractivity contribution in [1.82, 2.24) is 15.2 Å². The van der Waals surface area contributed by atoms with Crippen LogP contribution in [-0.2, 0) is 0 Å². The molecule has 0 fully saturated rings. The third-order valence-electron chi connectivity index (χ3n) is 3.86. The molecule has 0 atom stereocenters. The molecule has 0 aliphatic carbocycles. The fraction of sp³-hybridized carbons (Fsp3) is 0.0526. The van der Waals surface area contributed by atoms with Gasteiger partial charge in [-0.3, -0.25) is 10.1 Å². The van der Waals surface area contributed by atoms with Crippen LogP contribution in [0.1, 0.15) is 0 Å². The Labute approximate surface area is 146 Å². The van der Waals surface area contributed by atoms with E-state index in [1.54, 1.807) is 18.3 Å². The van der Waals surface area contributed by atoms with Crippen molar-refractivity contribution in [2.24, 2.45) is 0 Å². The van der Waals surface area contributed by atoms with Crippen LogP contribution in [-0.4, -0.2) is 21.5 Å². The van der Waals surface area contributed by atoms with Gasteiger partial charge >= 0.3 is 6.36 Å². The van der Waals surface area contributed by atoms with E-state index in [1.165, 1.54) is 18.2 Å². The van der Waals surface area contributed by atoms with Gasteiger partial charge in [0, 0.05) is 17.3 Å². The molecule has 0 amide bonds. The Kier molecular flexibility index (Phi) is 3.84. The van der Waals surface area contributed by atoms with Crippen molar-refractivity contribution >= 4 is 10.9 Å². The average molecular weight is 355 g/mol. The van der Waals surface area contributed by atoms with E-state index >= 15 is 0 Å². The Bertz CT molecular complexity index is 1060. The maximum atomic E-state index is 12.5. The average Bonchev–Trinajstić information content (AvgIpc) is 3.05. The lowest BCUT2D eigenvalue weighted by Crippen LogP contribution is -2.17. The molecule has 4 aromatic rings. The molecule has 4 rings (SSSR count). The highest BCUT2D eigenvalue weighted by Crippen LogP contribution is 2.35. The second-order valence-electron chi connectivity index (χ2n) is 5.60. The Hall–Kier alpha value is -3.35. The van der Waals surface area contributed by atoms with Gasteiger partial charge < -0.3 is 4.74 Å². The van der Waals surface area contributed by atoms with Crippen molar-refractivity contribution < 1.29 is 17.9 Å². The SMILES string of the molecule is FC(F)(F)Oc1cccc(-c2n[nH]c3ccnc(-c4ccccc4)c23)c1. The van der Waals surface area contributed by atoms with E-state index < -0.39 is 6.36 Å². The molecule has 0 aliphatic rings. The zero-order chi connectivity index (χ0) is 18.1. The molecule has 2 aromatic heterocycles. The minimum Gasteiger partial charge on any atom is -0.406 e. The van der Waals surface area contributed by atoms with E-state index in [0.29, 0.717) is 17.0 Å². The highest BCUT2D eigenvalue weighted by atomic mass is 19.4. The van der Waals surface area contributed by atoms with Gasteiger partial charge in [0.15, 0.2) is 0 Å². The molecule has 4 nitrogen and oxygen atoms in total. The van der Waals surface area contributed by atoms with Gasteiger partial charge in [-0.05, 0) is 18.2 Å². The normalized spacial score (nSPS) is 11.7. The molecule has 1 N–H and O–H groups in total.